The lowest BCUT2D eigenvalue weighted by Gasteiger charge is -2.18. The zero-order valence-corrected chi connectivity index (χ0v) is 9.81. The lowest BCUT2D eigenvalue weighted by Crippen LogP contribution is -2.19. The van der Waals surface area contributed by atoms with Crippen molar-refractivity contribution in [1.82, 2.24) is 15.5 Å². The minimum atomic E-state index is -0.229. The summed E-state index contributed by atoms with van der Waals surface area (Å²) in [6, 6.07) is 6.61. The second-order valence-corrected chi connectivity index (χ2v) is 3.90. The average molecular weight is 231 g/mol. The molecule has 0 saturated carbocycles. The summed E-state index contributed by atoms with van der Waals surface area (Å²) >= 11 is 0. The van der Waals surface area contributed by atoms with Gasteiger partial charge in [-0.25, -0.2) is 4.39 Å². The monoisotopic (exact) mass is 231 g/mol. The van der Waals surface area contributed by atoms with Crippen molar-refractivity contribution in [2.24, 2.45) is 0 Å². The molecule has 0 bridgehead atoms. The van der Waals surface area contributed by atoms with Gasteiger partial charge in [0, 0.05) is 6.20 Å². The largest absolute Gasteiger partial charge is 0.309 e. The van der Waals surface area contributed by atoms with E-state index in [-0.39, 0.29) is 11.9 Å². The Hall–Kier alpha value is -1.81. The van der Waals surface area contributed by atoms with E-state index in [9.17, 15) is 4.39 Å². The lowest BCUT2D eigenvalue weighted by atomic mass is 9.96. The topological polar surface area (TPSA) is 37.8 Å². The van der Waals surface area contributed by atoms with E-state index in [2.05, 4.69) is 15.5 Å². The maximum Gasteiger partial charge on any atom is 0.123 e. The number of nitrogens with zero attached hydrogens (tertiary/aromatic N) is 2. The first kappa shape index (κ1) is 11.7. The van der Waals surface area contributed by atoms with Crippen molar-refractivity contribution in [3.8, 4) is 0 Å². The van der Waals surface area contributed by atoms with Crippen molar-refractivity contribution in [3.63, 3.8) is 0 Å². The third-order valence-corrected chi connectivity index (χ3v) is 2.78. The summed E-state index contributed by atoms with van der Waals surface area (Å²) in [5.74, 6) is -0.229. The molecular weight excluding hydrogens is 217 g/mol. The van der Waals surface area contributed by atoms with Gasteiger partial charge in [-0.2, -0.15) is 10.2 Å². The van der Waals surface area contributed by atoms with Gasteiger partial charge in [-0.1, -0.05) is 6.07 Å². The molecule has 0 radical (unpaired) electrons. The smallest absolute Gasteiger partial charge is 0.123 e. The first-order chi connectivity index (χ1) is 8.22. The minimum Gasteiger partial charge on any atom is -0.309 e. The molecule has 4 heteroatoms. The van der Waals surface area contributed by atoms with Crippen LogP contribution in [0, 0.1) is 12.7 Å². The summed E-state index contributed by atoms with van der Waals surface area (Å²) in [6.07, 6.45) is 3.32. The van der Waals surface area contributed by atoms with Crippen LogP contribution in [0.15, 0.2) is 36.7 Å². The zero-order valence-electron chi connectivity index (χ0n) is 9.81. The van der Waals surface area contributed by atoms with Crippen LogP contribution in [0.25, 0.3) is 0 Å². The molecule has 1 atom stereocenters. The number of rotatable bonds is 3. The second kappa shape index (κ2) is 5.01. The first-order valence-corrected chi connectivity index (χ1v) is 5.42. The third-order valence-electron chi connectivity index (χ3n) is 2.78. The summed E-state index contributed by atoms with van der Waals surface area (Å²) < 4.78 is 13.3. The quantitative estimate of drug-likeness (QED) is 0.880. The van der Waals surface area contributed by atoms with Crippen LogP contribution in [-0.4, -0.2) is 17.2 Å². The molecule has 1 aromatic heterocycles. The number of halogens is 1. The molecule has 0 aliphatic heterocycles. The van der Waals surface area contributed by atoms with E-state index < -0.39 is 0 Å². The Bertz CT molecular complexity index is 499. The number of benzene rings is 1. The molecular formula is C13H14FN3. The normalized spacial score (nSPS) is 12.4. The Morgan fingerprint density at radius 3 is 2.71 bits per heavy atom. The standard InChI is InChI=1S/C13H14FN3/c1-9-3-4-11(14)7-12(9)13(15-2)10-5-6-16-17-8-10/h3-8,13,15H,1-2H3. The molecule has 3 nitrogen and oxygen atoms in total. The van der Waals surface area contributed by atoms with Gasteiger partial charge in [-0.3, -0.25) is 0 Å². The maximum atomic E-state index is 13.3. The van der Waals surface area contributed by atoms with Crippen LogP contribution in [0.2, 0.25) is 0 Å². The third kappa shape index (κ3) is 2.47. The molecule has 1 aromatic carbocycles. The van der Waals surface area contributed by atoms with E-state index in [1.54, 1.807) is 24.5 Å². The van der Waals surface area contributed by atoms with E-state index in [4.69, 9.17) is 0 Å². The molecule has 0 amide bonds. The van der Waals surface area contributed by atoms with Gasteiger partial charge in [0.25, 0.3) is 0 Å². The van der Waals surface area contributed by atoms with Crippen molar-refractivity contribution >= 4 is 0 Å². The molecule has 0 aliphatic rings. The fourth-order valence-electron chi connectivity index (χ4n) is 1.90. The second-order valence-electron chi connectivity index (χ2n) is 3.90. The Kier molecular flexibility index (Phi) is 3.44. The number of nitrogens with one attached hydrogen (secondary N) is 1. The van der Waals surface area contributed by atoms with E-state index in [1.807, 2.05) is 20.0 Å². The Balaban J connectivity index is 2.46. The molecule has 0 aliphatic carbocycles. The summed E-state index contributed by atoms with van der Waals surface area (Å²) in [5.41, 5.74) is 2.93. The molecule has 0 saturated heterocycles. The molecule has 2 aromatic rings. The van der Waals surface area contributed by atoms with Crippen LogP contribution in [-0.2, 0) is 0 Å². The van der Waals surface area contributed by atoms with Crippen LogP contribution in [0.1, 0.15) is 22.7 Å². The minimum absolute atomic E-state index is 0.0683. The summed E-state index contributed by atoms with van der Waals surface area (Å²) in [7, 11) is 1.84. The molecule has 2 rings (SSSR count). The summed E-state index contributed by atoms with van der Waals surface area (Å²) in [5, 5.41) is 10.8. The molecule has 1 unspecified atom stereocenters. The Morgan fingerprint density at radius 2 is 2.06 bits per heavy atom. The summed E-state index contributed by atoms with van der Waals surface area (Å²) in [6.45, 7) is 1.97. The predicted octanol–water partition coefficient (Wildman–Crippen LogP) is 2.23. The fourth-order valence-corrected chi connectivity index (χ4v) is 1.90. The molecule has 88 valence electrons. The maximum absolute atomic E-state index is 13.3. The SMILES string of the molecule is CNC(c1ccnnc1)c1cc(F)ccc1C. The van der Waals surface area contributed by atoms with E-state index in [1.165, 1.54) is 6.07 Å². The fraction of sp³-hybridized carbons (Fsp3) is 0.231. The van der Waals surface area contributed by atoms with Crippen LogP contribution >= 0.6 is 0 Å². The lowest BCUT2D eigenvalue weighted by molar-refractivity contribution is 0.614. The van der Waals surface area contributed by atoms with Gasteiger partial charge >= 0.3 is 0 Å². The number of aromatic nitrogens is 2. The highest BCUT2D eigenvalue weighted by Gasteiger charge is 2.15. The van der Waals surface area contributed by atoms with E-state index in [0.29, 0.717) is 0 Å². The Morgan fingerprint density at radius 1 is 1.24 bits per heavy atom. The van der Waals surface area contributed by atoms with E-state index >= 15 is 0 Å². The highest BCUT2D eigenvalue weighted by molar-refractivity contribution is 5.35. The van der Waals surface area contributed by atoms with Gasteiger partial charge in [0.15, 0.2) is 0 Å². The molecule has 0 spiro atoms. The van der Waals surface area contributed by atoms with Crippen LogP contribution in [0.4, 0.5) is 4.39 Å². The van der Waals surface area contributed by atoms with E-state index in [0.717, 1.165) is 16.7 Å². The van der Waals surface area contributed by atoms with Crippen LogP contribution in [0.3, 0.4) is 0 Å². The van der Waals surface area contributed by atoms with Gasteiger partial charge in [0.2, 0.25) is 0 Å². The predicted molar refractivity (Wildman–Crippen MR) is 64.1 cm³/mol. The van der Waals surface area contributed by atoms with Crippen LogP contribution < -0.4 is 5.32 Å². The first-order valence-electron chi connectivity index (χ1n) is 5.42. The van der Waals surface area contributed by atoms with Crippen molar-refractivity contribution in [1.29, 1.82) is 0 Å². The van der Waals surface area contributed by atoms with Crippen molar-refractivity contribution in [2.45, 2.75) is 13.0 Å². The van der Waals surface area contributed by atoms with Crippen molar-refractivity contribution < 1.29 is 4.39 Å². The van der Waals surface area contributed by atoms with Crippen LogP contribution in [0.5, 0.6) is 0 Å². The Labute approximate surface area is 99.7 Å². The average Bonchev–Trinajstić information content (AvgIpc) is 2.36. The van der Waals surface area contributed by atoms with Gasteiger partial charge in [0.1, 0.15) is 5.82 Å². The van der Waals surface area contributed by atoms with Crippen molar-refractivity contribution in [2.75, 3.05) is 7.05 Å². The van der Waals surface area contributed by atoms with Crippen molar-refractivity contribution in [3.05, 3.63) is 59.2 Å². The summed E-state index contributed by atoms with van der Waals surface area (Å²) in [4.78, 5) is 0. The molecule has 1 N–H and O–H groups in total. The highest BCUT2D eigenvalue weighted by atomic mass is 19.1. The van der Waals surface area contributed by atoms with Gasteiger partial charge in [-0.15, -0.1) is 0 Å². The van der Waals surface area contributed by atoms with Gasteiger partial charge in [0.05, 0.1) is 12.2 Å². The van der Waals surface area contributed by atoms with Gasteiger partial charge in [-0.05, 0) is 48.9 Å². The molecule has 0 fully saturated rings. The molecule has 17 heavy (non-hydrogen) atoms. The number of hydrogen-bond acceptors (Lipinski definition) is 3. The number of hydrogen-bond donors (Lipinski definition) is 1. The zero-order chi connectivity index (χ0) is 12.3. The van der Waals surface area contributed by atoms with Gasteiger partial charge < -0.3 is 5.32 Å². The molecule has 1 heterocycles. The number of aryl methyl sites for hydroxylation is 1. The highest BCUT2D eigenvalue weighted by Crippen LogP contribution is 2.24.